The zero-order chi connectivity index (χ0) is 13.6. The molecule has 19 heavy (non-hydrogen) atoms. The van der Waals surface area contributed by atoms with Gasteiger partial charge in [0.1, 0.15) is 5.82 Å². The first-order chi connectivity index (χ1) is 9.04. The van der Waals surface area contributed by atoms with E-state index in [1.807, 2.05) is 31.2 Å². The van der Waals surface area contributed by atoms with E-state index in [-0.39, 0.29) is 0 Å². The van der Waals surface area contributed by atoms with Crippen LogP contribution in [0.3, 0.4) is 0 Å². The zero-order valence-electron chi connectivity index (χ0n) is 9.97. The van der Waals surface area contributed by atoms with Gasteiger partial charge < -0.3 is 4.98 Å². The molecule has 0 fully saturated rings. The minimum atomic E-state index is 0.525. The predicted octanol–water partition coefficient (Wildman–Crippen LogP) is 5.61. The number of aromatic amines is 1. The molecule has 0 atom stereocenters. The summed E-state index contributed by atoms with van der Waals surface area (Å²) in [6, 6.07) is 9.54. The van der Waals surface area contributed by atoms with Gasteiger partial charge in [-0.05, 0) is 42.8 Å². The van der Waals surface area contributed by atoms with E-state index in [0.29, 0.717) is 10.0 Å². The van der Waals surface area contributed by atoms with Gasteiger partial charge in [-0.2, -0.15) is 0 Å². The number of aromatic nitrogens is 2. The molecule has 5 heteroatoms. The van der Waals surface area contributed by atoms with E-state index in [1.54, 1.807) is 6.07 Å². The summed E-state index contributed by atoms with van der Waals surface area (Å²) < 4.78 is 1.03. The molecule has 1 aromatic heterocycles. The number of nitrogens with zero attached hydrogens (tertiary/aromatic N) is 1. The summed E-state index contributed by atoms with van der Waals surface area (Å²) >= 11 is 15.4. The van der Waals surface area contributed by atoms with Crippen molar-refractivity contribution in [3.8, 4) is 11.4 Å². The molecule has 96 valence electrons. The van der Waals surface area contributed by atoms with Gasteiger partial charge in [-0.1, -0.05) is 39.1 Å². The highest BCUT2D eigenvalue weighted by Gasteiger charge is 2.09. The minimum absolute atomic E-state index is 0.525. The third-order valence-electron chi connectivity index (χ3n) is 2.93. The molecule has 3 rings (SSSR count). The smallest absolute Gasteiger partial charge is 0.138 e. The molecule has 0 saturated carbocycles. The second-order valence-corrected chi connectivity index (χ2v) is 6.06. The molecular formula is C14H9BrCl2N2. The maximum absolute atomic E-state index is 6.04. The van der Waals surface area contributed by atoms with Crippen LogP contribution in [0, 0.1) is 6.92 Å². The van der Waals surface area contributed by atoms with Gasteiger partial charge in [-0.15, -0.1) is 0 Å². The third kappa shape index (κ3) is 2.38. The number of H-pyrrole nitrogens is 1. The second-order valence-electron chi connectivity index (χ2n) is 4.33. The lowest BCUT2D eigenvalue weighted by Crippen LogP contribution is -1.80. The Morgan fingerprint density at radius 2 is 1.89 bits per heavy atom. The fourth-order valence-electron chi connectivity index (χ4n) is 2.03. The van der Waals surface area contributed by atoms with Crippen LogP contribution in [-0.4, -0.2) is 9.97 Å². The van der Waals surface area contributed by atoms with Gasteiger partial charge in [0.25, 0.3) is 0 Å². The zero-order valence-corrected chi connectivity index (χ0v) is 13.1. The molecule has 1 heterocycles. The molecule has 0 aliphatic rings. The largest absolute Gasteiger partial charge is 0.338 e. The van der Waals surface area contributed by atoms with E-state index in [4.69, 9.17) is 23.2 Å². The Morgan fingerprint density at radius 1 is 1.11 bits per heavy atom. The monoisotopic (exact) mass is 354 g/mol. The van der Waals surface area contributed by atoms with E-state index >= 15 is 0 Å². The molecule has 2 nitrogen and oxygen atoms in total. The number of rotatable bonds is 1. The van der Waals surface area contributed by atoms with Crippen molar-refractivity contribution in [3.05, 3.63) is 50.4 Å². The summed E-state index contributed by atoms with van der Waals surface area (Å²) in [5.41, 5.74) is 3.99. The van der Waals surface area contributed by atoms with Crippen LogP contribution in [0.1, 0.15) is 5.56 Å². The normalized spacial score (nSPS) is 11.2. The molecular weight excluding hydrogens is 347 g/mol. The Bertz CT molecular complexity index is 780. The van der Waals surface area contributed by atoms with Gasteiger partial charge in [0.05, 0.1) is 21.1 Å². The molecule has 0 amide bonds. The quantitative estimate of drug-likeness (QED) is 0.604. The van der Waals surface area contributed by atoms with Crippen LogP contribution < -0.4 is 0 Å². The lowest BCUT2D eigenvalue weighted by molar-refractivity contribution is 1.33. The molecule has 0 saturated heterocycles. The van der Waals surface area contributed by atoms with Crippen LogP contribution in [0.5, 0.6) is 0 Å². The van der Waals surface area contributed by atoms with E-state index in [1.165, 1.54) is 0 Å². The Balaban J connectivity index is 2.20. The number of fused-ring (bicyclic) bond motifs is 1. The first kappa shape index (κ1) is 13.0. The molecule has 1 N–H and O–H groups in total. The predicted molar refractivity (Wildman–Crippen MR) is 84.0 cm³/mol. The van der Waals surface area contributed by atoms with E-state index in [9.17, 15) is 0 Å². The second kappa shape index (κ2) is 4.82. The third-order valence-corrected chi connectivity index (χ3v) is 4.13. The van der Waals surface area contributed by atoms with Crippen molar-refractivity contribution in [2.45, 2.75) is 6.92 Å². The van der Waals surface area contributed by atoms with Gasteiger partial charge in [0.15, 0.2) is 0 Å². The summed E-state index contributed by atoms with van der Waals surface area (Å²) in [6.45, 7) is 2.03. The van der Waals surface area contributed by atoms with Crippen LogP contribution in [0.4, 0.5) is 0 Å². The molecule has 0 aliphatic heterocycles. The average molecular weight is 356 g/mol. The number of halogens is 3. The first-order valence-corrected chi connectivity index (χ1v) is 7.21. The van der Waals surface area contributed by atoms with Crippen LogP contribution in [-0.2, 0) is 0 Å². The maximum atomic E-state index is 6.04. The molecule has 0 spiro atoms. The Labute approximate surface area is 128 Å². The highest BCUT2D eigenvalue weighted by Crippen LogP contribution is 2.29. The summed E-state index contributed by atoms with van der Waals surface area (Å²) in [6.07, 6.45) is 0. The van der Waals surface area contributed by atoms with Crippen LogP contribution in [0.2, 0.25) is 10.0 Å². The summed E-state index contributed by atoms with van der Waals surface area (Å²) in [5, 5.41) is 1.07. The highest BCUT2D eigenvalue weighted by atomic mass is 79.9. The molecule has 0 unspecified atom stereocenters. The lowest BCUT2D eigenvalue weighted by Gasteiger charge is -1.99. The number of nitrogens with one attached hydrogen (secondary N) is 1. The van der Waals surface area contributed by atoms with Gasteiger partial charge in [0, 0.05) is 10.0 Å². The van der Waals surface area contributed by atoms with E-state index < -0.39 is 0 Å². The summed E-state index contributed by atoms with van der Waals surface area (Å²) in [5.74, 6) is 0.787. The Hall–Kier alpha value is -1.03. The van der Waals surface area contributed by atoms with E-state index in [2.05, 4.69) is 25.9 Å². The van der Waals surface area contributed by atoms with Crippen molar-refractivity contribution < 1.29 is 0 Å². The summed E-state index contributed by atoms with van der Waals surface area (Å²) in [4.78, 5) is 7.91. The average Bonchev–Trinajstić information content (AvgIpc) is 2.76. The molecule has 0 bridgehead atoms. The van der Waals surface area contributed by atoms with Gasteiger partial charge in [-0.25, -0.2) is 4.98 Å². The highest BCUT2D eigenvalue weighted by molar-refractivity contribution is 9.10. The fourth-order valence-corrected chi connectivity index (χ4v) is 2.90. The topological polar surface area (TPSA) is 28.7 Å². The van der Waals surface area contributed by atoms with Crippen LogP contribution in [0.25, 0.3) is 22.4 Å². The molecule has 0 radical (unpaired) electrons. The Kier molecular flexibility index (Phi) is 3.29. The fraction of sp³-hybridized carbons (Fsp3) is 0.0714. The van der Waals surface area contributed by atoms with Crippen molar-refractivity contribution in [3.63, 3.8) is 0 Å². The van der Waals surface area contributed by atoms with Crippen LogP contribution in [0.15, 0.2) is 34.8 Å². The molecule has 0 aliphatic carbocycles. The van der Waals surface area contributed by atoms with Crippen molar-refractivity contribution in [1.82, 2.24) is 9.97 Å². The summed E-state index contributed by atoms with van der Waals surface area (Å²) in [7, 11) is 0. The number of hydrogen-bond acceptors (Lipinski definition) is 1. The number of benzene rings is 2. The number of imidazole rings is 1. The molecule has 3 aromatic rings. The van der Waals surface area contributed by atoms with E-state index in [0.717, 1.165) is 32.5 Å². The standard InChI is InChI=1S/C14H9BrCl2N2/c1-7-4-9(15)6-12-13(7)19-14(18-12)8-2-3-10(16)11(17)5-8/h2-6H,1H3,(H,18,19). The van der Waals surface area contributed by atoms with Crippen molar-refractivity contribution in [2.75, 3.05) is 0 Å². The van der Waals surface area contributed by atoms with Gasteiger partial charge in [-0.3, -0.25) is 0 Å². The SMILES string of the molecule is Cc1cc(Br)cc2[nH]c(-c3ccc(Cl)c(Cl)c3)nc12. The lowest BCUT2D eigenvalue weighted by atomic mass is 10.2. The van der Waals surface area contributed by atoms with Gasteiger partial charge in [0.2, 0.25) is 0 Å². The van der Waals surface area contributed by atoms with Crippen molar-refractivity contribution >= 4 is 50.2 Å². The Morgan fingerprint density at radius 3 is 2.63 bits per heavy atom. The maximum Gasteiger partial charge on any atom is 0.138 e. The van der Waals surface area contributed by atoms with Crippen LogP contribution >= 0.6 is 39.1 Å². The number of aryl methyl sites for hydroxylation is 1. The van der Waals surface area contributed by atoms with Gasteiger partial charge >= 0.3 is 0 Å². The molecule has 2 aromatic carbocycles. The minimum Gasteiger partial charge on any atom is -0.338 e. The van der Waals surface area contributed by atoms with Crippen molar-refractivity contribution in [1.29, 1.82) is 0 Å². The number of hydrogen-bond donors (Lipinski definition) is 1. The first-order valence-electron chi connectivity index (χ1n) is 5.66. The van der Waals surface area contributed by atoms with Crippen molar-refractivity contribution in [2.24, 2.45) is 0 Å².